The highest BCUT2D eigenvalue weighted by Gasteiger charge is 2.44. The zero-order chi connectivity index (χ0) is 96.8. The fourth-order valence-corrected chi connectivity index (χ4v) is 24.8. The van der Waals surface area contributed by atoms with Crippen LogP contribution in [0.25, 0.3) is 43.1 Å². The number of phenols is 4. The van der Waals surface area contributed by atoms with Gasteiger partial charge in [-0.2, -0.15) is 0 Å². The van der Waals surface area contributed by atoms with E-state index in [0.29, 0.717) is 74.9 Å². The molecule has 0 saturated heterocycles. The summed E-state index contributed by atoms with van der Waals surface area (Å²) in [6, 6.07) is 70.6. The van der Waals surface area contributed by atoms with Crippen molar-refractivity contribution in [3.8, 4) is 46.0 Å². The standard InChI is InChI=1S/C128H164N4O8/c1-9-13-17-21-25-29-33-37-41-69-105-109-77-114(126-117(121(109)133)81-129(86-138-126)89(5)97-73-53-61-93-57-45-49-65-101(93)97)107(71-43-39-35-31-27-23-19-15-11-3)111-79-116(128-119(123(111)135)83-131(88-140-128)91(7)99-75-55-63-95-59-47-51-67-103(95)99)108(72-44-40-36-32-28-24-20-16-12-4)112-80-115(127-120(124(112)136)84-132(87-139-127)92(8)100-76-56-64-96-60-48-52-68-104(96)100)106(70-42-38-34-30-26-22-18-14-10-2)110-78-113(105)125-118(122(110)134)82-130(85-137-125)90(6)98-74-54-62-94-58-46-50-66-102(94)98/h45-68,73-80,89-92,105-108,133-136H,9-44,69-72,81-88H2,1-8H3/t89-,90-,91-,92-,105?,106?,107?,108?/m0/s1. The highest BCUT2D eigenvalue weighted by molar-refractivity contribution is 5.89. The van der Waals surface area contributed by atoms with E-state index >= 15 is 0 Å². The van der Waals surface area contributed by atoms with E-state index in [-0.39, 0.29) is 74.1 Å². The van der Waals surface area contributed by atoms with Crippen LogP contribution >= 0.6 is 0 Å². The van der Waals surface area contributed by atoms with Gasteiger partial charge in [0, 0.05) is 119 Å². The number of aromatic hydroxyl groups is 4. The van der Waals surface area contributed by atoms with Gasteiger partial charge in [-0.3, -0.25) is 19.6 Å². The Morgan fingerprint density at radius 3 is 0.607 bits per heavy atom. The molecule has 0 spiro atoms. The van der Waals surface area contributed by atoms with E-state index < -0.39 is 23.7 Å². The first-order chi connectivity index (χ1) is 68.7. The van der Waals surface area contributed by atoms with Crippen molar-refractivity contribution in [1.82, 2.24) is 19.6 Å². The summed E-state index contributed by atoms with van der Waals surface area (Å²) in [6.45, 7) is 21.1. The molecule has 0 amide bonds. The number of phenolic OH excluding ortho intramolecular Hbond substituents is 4. The van der Waals surface area contributed by atoms with Crippen molar-refractivity contribution in [2.45, 2.75) is 386 Å². The summed E-state index contributed by atoms with van der Waals surface area (Å²) in [4.78, 5) is 9.67. The molecule has 140 heavy (non-hydrogen) atoms. The Morgan fingerprint density at radius 1 is 0.229 bits per heavy atom. The molecule has 12 aromatic carbocycles. The SMILES string of the molecule is CCCCCCCCCCCC1c2cc(c3c(c2O)CN([C@@H](C)c2cccc4ccccc24)CO3)C(CCCCCCCCCCC)c2cc(c3c(c2O)CN([C@@H](C)c2cccc4ccccc24)CO3)C(CCCCCCCCCCC)c2cc(c3c(c2O)CN([C@@H](C)c2cccc4ccccc24)CO3)C(CCCCCCCCCCC)c2cc1c1c(c2O)CN([C@@H](C)c2cccc3ccccc23)CO1. The molecule has 12 aromatic rings. The Morgan fingerprint density at radius 2 is 0.407 bits per heavy atom. The quantitative estimate of drug-likeness (QED) is 0.0271. The number of fused-ring (bicyclic) bond motifs is 20. The fourth-order valence-electron chi connectivity index (χ4n) is 24.8. The predicted molar refractivity (Wildman–Crippen MR) is 581 cm³/mol. The van der Waals surface area contributed by atoms with Gasteiger partial charge in [0.05, 0.1) is 22.3 Å². The molecule has 8 atom stereocenters. The lowest BCUT2D eigenvalue weighted by atomic mass is 9.74. The number of benzene rings is 12. The third-order valence-electron chi connectivity index (χ3n) is 33.2. The zero-order valence-corrected chi connectivity index (χ0v) is 86.2. The lowest BCUT2D eigenvalue weighted by Gasteiger charge is -2.40. The molecule has 0 saturated carbocycles. The van der Waals surface area contributed by atoms with E-state index in [9.17, 15) is 20.4 Å². The Kier molecular flexibility index (Phi) is 36.0. The monoisotopic (exact) mass is 1890 g/mol. The summed E-state index contributed by atoms with van der Waals surface area (Å²) in [5, 5.41) is 68.8. The summed E-state index contributed by atoms with van der Waals surface area (Å²) in [5.74, 6) is 1.76. The minimum atomic E-state index is -0.477. The van der Waals surface area contributed by atoms with Gasteiger partial charge in [0.25, 0.3) is 0 Å². The van der Waals surface area contributed by atoms with Crippen LogP contribution in [0, 0.1) is 0 Å². The van der Waals surface area contributed by atoms with Crippen LogP contribution in [0.1, 0.15) is 449 Å². The van der Waals surface area contributed by atoms with Gasteiger partial charge < -0.3 is 39.4 Å². The zero-order valence-electron chi connectivity index (χ0n) is 86.2. The van der Waals surface area contributed by atoms with E-state index in [1.54, 1.807) is 0 Å². The number of unbranched alkanes of at least 4 members (excludes halogenated alkanes) is 32. The molecule has 1 aliphatic carbocycles. The number of hydrogen-bond acceptors (Lipinski definition) is 12. The predicted octanol–water partition coefficient (Wildman–Crippen LogP) is 35.3. The molecule has 12 heteroatoms. The molecular formula is C128H164N4O8. The normalized spacial score (nSPS) is 17.6. The van der Waals surface area contributed by atoms with Gasteiger partial charge in [-0.1, -0.05) is 429 Å². The molecule has 4 heterocycles. The molecule has 0 radical (unpaired) electrons. The molecule has 4 unspecified atom stereocenters. The minimum absolute atomic E-state index is 0.128. The third-order valence-corrected chi connectivity index (χ3v) is 33.2. The Balaban J connectivity index is 0.944. The smallest absolute Gasteiger partial charge is 0.142 e. The van der Waals surface area contributed by atoms with Crippen LogP contribution in [-0.4, -0.2) is 66.9 Å². The van der Waals surface area contributed by atoms with Crippen molar-refractivity contribution in [2.24, 2.45) is 0 Å². The van der Waals surface area contributed by atoms with Gasteiger partial charge in [0.15, 0.2) is 0 Å². The van der Waals surface area contributed by atoms with E-state index in [4.69, 9.17) is 18.9 Å². The molecule has 12 nitrogen and oxygen atoms in total. The first-order valence-corrected chi connectivity index (χ1v) is 55.7. The molecule has 4 N–H and O–H groups in total. The maximum atomic E-state index is 14.8. The second kappa shape index (κ2) is 49.8. The molecule has 17 rings (SSSR count). The van der Waals surface area contributed by atoms with Crippen LogP contribution in [-0.2, 0) is 26.2 Å². The number of rotatable bonds is 48. The van der Waals surface area contributed by atoms with Gasteiger partial charge in [-0.25, -0.2) is 0 Å². The Hall–Kier alpha value is -10.1. The van der Waals surface area contributed by atoms with Gasteiger partial charge in [0.1, 0.15) is 72.9 Å². The average molecular weight is 1890 g/mol. The van der Waals surface area contributed by atoms with Crippen LogP contribution in [0.2, 0.25) is 0 Å². The lowest BCUT2D eigenvalue weighted by Crippen LogP contribution is -2.36. The Bertz CT molecular complexity index is 5330. The molecule has 0 fully saturated rings. The summed E-state index contributed by atoms with van der Waals surface area (Å²) in [5.41, 5.74) is 15.0. The fraction of sp³-hybridized carbons (Fsp3) is 0.500. The van der Waals surface area contributed by atoms with Crippen molar-refractivity contribution in [3.63, 3.8) is 0 Å². The van der Waals surface area contributed by atoms with E-state index in [2.05, 4.69) is 269 Å². The van der Waals surface area contributed by atoms with Crippen molar-refractivity contribution in [1.29, 1.82) is 0 Å². The maximum Gasteiger partial charge on any atom is 0.142 e. The van der Waals surface area contributed by atoms with Gasteiger partial charge >= 0.3 is 0 Å². The molecule has 8 bridgehead atoms. The highest BCUT2D eigenvalue weighted by Crippen LogP contribution is 2.60. The third kappa shape index (κ3) is 23.2. The molecule has 4 aliphatic heterocycles. The van der Waals surface area contributed by atoms with Crippen LogP contribution in [0.15, 0.2) is 194 Å². The summed E-state index contributed by atoms with van der Waals surface area (Å²) >= 11 is 0. The topological polar surface area (TPSA) is 131 Å². The van der Waals surface area contributed by atoms with Crippen molar-refractivity contribution in [3.05, 3.63) is 283 Å². The van der Waals surface area contributed by atoms with Crippen molar-refractivity contribution in [2.75, 3.05) is 26.9 Å². The molecule has 0 aromatic heterocycles. The van der Waals surface area contributed by atoms with Crippen LogP contribution < -0.4 is 18.9 Å². The number of nitrogens with zero attached hydrogens (tertiary/aromatic N) is 4. The van der Waals surface area contributed by atoms with E-state index in [1.807, 2.05) is 0 Å². The van der Waals surface area contributed by atoms with Gasteiger partial charge in [-0.05, 0) is 143 Å². The summed E-state index contributed by atoms with van der Waals surface area (Å²) < 4.78 is 31.0. The largest absolute Gasteiger partial charge is 0.507 e. The lowest BCUT2D eigenvalue weighted by molar-refractivity contribution is 0.0587. The molecule has 744 valence electrons. The number of ether oxygens (including phenoxy) is 4. The van der Waals surface area contributed by atoms with Crippen molar-refractivity contribution < 1.29 is 39.4 Å². The van der Waals surface area contributed by atoms with Crippen LogP contribution in [0.5, 0.6) is 46.0 Å². The second-order valence-electron chi connectivity index (χ2n) is 42.6. The highest BCUT2D eigenvalue weighted by atomic mass is 16.5. The van der Waals surface area contributed by atoms with E-state index in [0.717, 1.165) is 169 Å². The first-order valence-electron chi connectivity index (χ1n) is 55.7. The van der Waals surface area contributed by atoms with Crippen LogP contribution in [0.4, 0.5) is 0 Å². The summed E-state index contributed by atoms with van der Waals surface area (Å²) in [7, 11) is 0. The van der Waals surface area contributed by atoms with E-state index in [1.165, 1.54) is 194 Å². The summed E-state index contributed by atoms with van der Waals surface area (Å²) in [6.07, 6.45) is 44.1. The Labute approximate surface area is 839 Å². The molecule has 5 aliphatic rings. The van der Waals surface area contributed by atoms with Gasteiger partial charge in [0.2, 0.25) is 0 Å². The van der Waals surface area contributed by atoms with Gasteiger partial charge in [-0.15, -0.1) is 0 Å². The first kappa shape index (κ1) is 101. The number of hydrogen-bond donors (Lipinski definition) is 4. The average Bonchev–Trinajstić information content (AvgIpc) is 0.722. The maximum absolute atomic E-state index is 14.8. The van der Waals surface area contributed by atoms with Crippen LogP contribution in [0.3, 0.4) is 0 Å². The second-order valence-corrected chi connectivity index (χ2v) is 42.6. The minimum Gasteiger partial charge on any atom is -0.507 e. The van der Waals surface area contributed by atoms with Crippen molar-refractivity contribution >= 4 is 43.1 Å². The molecular weight excluding hydrogens is 1720 g/mol.